The van der Waals surface area contributed by atoms with Crippen molar-refractivity contribution in [2.75, 3.05) is 0 Å². The Labute approximate surface area is 113 Å². The number of aliphatic hydroxyl groups is 1. The summed E-state index contributed by atoms with van der Waals surface area (Å²) in [6.07, 6.45) is 3.21. The highest BCUT2D eigenvalue weighted by atomic mass is 16.5. The number of benzene rings is 1. The molecule has 1 fully saturated rings. The van der Waals surface area contributed by atoms with E-state index in [0.717, 1.165) is 36.8 Å². The van der Waals surface area contributed by atoms with Crippen molar-refractivity contribution < 1.29 is 15.1 Å². The second kappa shape index (κ2) is 6.06. The maximum atomic E-state index is 9.98. The van der Waals surface area contributed by atoms with Gasteiger partial charge in [0.05, 0.1) is 11.8 Å². The average Bonchev–Trinajstić information content (AvgIpc) is 2.41. The fourth-order valence-corrected chi connectivity index (χ4v) is 2.46. The first kappa shape index (κ1) is 13.9. The summed E-state index contributed by atoms with van der Waals surface area (Å²) in [5, 5.41) is 22.1. The van der Waals surface area contributed by atoms with Gasteiger partial charge in [-0.15, -0.1) is 0 Å². The van der Waals surface area contributed by atoms with E-state index >= 15 is 0 Å². The van der Waals surface area contributed by atoms with Crippen molar-refractivity contribution in [3.05, 3.63) is 29.3 Å². The Morgan fingerprint density at radius 1 is 1.32 bits per heavy atom. The van der Waals surface area contributed by atoms with E-state index in [1.54, 1.807) is 6.92 Å². The van der Waals surface area contributed by atoms with Crippen LogP contribution >= 0.6 is 0 Å². The van der Waals surface area contributed by atoms with Crippen LogP contribution in [0.25, 0.3) is 0 Å². The van der Waals surface area contributed by atoms with Crippen LogP contribution in [0.1, 0.15) is 43.7 Å². The molecule has 2 N–H and O–H groups in total. The van der Waals surface area contributed by atoms with E-state index < -0.39 is 6.10 Å². The SMILES string of the molecule is CC(=NO)c1ccc(C)cc1OC1CCCCC1O. The third-order valence-electron chi connectivity index (χ3n) is 3.62. The Kier molecular flexibility index (Phi) is 4.43. The Morgan fingerprint density at radius 2 is 2.05 bits per heavy atom. The largest absolute Gasteiger partial charge is 0.487 e. The fourth-order valence-electron chi connectivity index (χ4n) is 2.46. The molecule has 19 heavy (non-hydrogen) atoms. The Morgan fingerprint density at radius 3 is 2.74 bits per heavy atom. The summed E-state index contributed by atoms with van der Waals surface area (Å²) in [4.78, 5) is 0. The molecule has 4 nitrogen and oxygen atoms in total. The van der Waals surface area contributed by atoms with Crippen LogP contribution in [0.5, 0.6) is 5.75 Å². The molecular weight excluding hydrogens is 242 g/mol. The highest BCUT2D eigenvalue weighted by Crippen LogP contribution is 2.27. The summed E-state index contributed by atoms with van der Waals surface area (Å²) in [7, 11) is 0. The third kappa shape index (κ3) is 3.26. The Hall–Kier alpha value is -1.55. The summed E-state index contributed by atoms with van der Waals surface area (Å²) in [6, 6.07) is 5.76. The van der Waals surface area contributed by atoms with Gasteiger partial charge in [-0.1, -0.05) is 17.6 Å². The van der Waals surface area contributed by atoms with Crippen LogP contribution in [0.3, 0.4) is 0 Å². The van der Waals surface area contributed by atoms with Gasteiger partial charge in [0.15, 0.2) is 0 Å². The molecule has 1 aromatic rings. The lowest BCUT2D eigenvalue weighted by Gasteiger charge is -2.29. The zero-order valence-corrected chi connectivity index (χ0v) is 11.5. The molecule has 0 aliphatic heterocycles. The first-order valence-corrected chi connectivity index (χ1v) is 6.76. The summed E-state index contributed by atoms with van der Waals surface area (Å²) in [5.41, 5.74) is 2.36. The van der Waals surface area contributed by atoms with Crippen LogP contribution in [0.15, 0.2) is 23.4 Å². The Bertz CT molecular complexity index is 470. The first-order chi connectivity index (χ1) is 9.11. The van der Waals surface area contributed by atoms with E-state index in [-0.39, 0.29) is 6.10 Å². The maximum Gasteiger partial charge on any atom is 0.129 e. The Balaban J connectivity index is 2.25. The van der Waals surface area contributed by atoms with Crippen molar-refractivity contribution in [3.63, 3.8) is 0 Å². The molecule has 104 valence electrons. The van der Waals surface area contributed by atoms with Gasteiger partial charge in [-0.25, -0.2) is 0 Å². The molecule has 0 aromatic heterocycles. The van der Waals surface area contributed by atoms with E-state index in [1.807, 2.05) is 25.1 Å². The van der Waals surface area contributed by atoms with Crippen molar-refractivity contribution in [1.29, 1.82) is 0 Å². The maximum absolute atomic E-state index is 9.98. The van der Waals surface area contributed by atoms with Gasteiger partial charge in [-0.2, -0.15) is 0 Å². The van der Waals surface area contributed by atoms with Gasteiger partial charge < -0.3 is 15.1 Å². The molecule has 0 amide bonds. The zero-order valence-electron chi connectivity index (χ0n) is 11.5. The summed E-state index contributed by atoms with van der Waals surface area (Å²) < 4.78 is 5.96. The van der Waals surface area contributed by atoms with E-state index in [0.29, 0.717) is 11.5 Å². The van der Waals surface area contributed by atoms with E-state index in [4.69, 9.17) is 9.94 Å². The highest BCUT2D eigenvalue weighted by molar-refractivity contribution is 6.00. The van der Waals surface area contributed by atoms with Gasteiger partial charge in [-0.05, 0) is 50.8 Å². The molecule has 0 bridgehead atoms. The van der Waals surface area contributed by atoms with Crippen molar-refractivity contribution in [3.8, 4) is 5.75 Å². The number of hydrogen-bond donors (Lipinski definition) is 2. The standard InChI is InChI=1S/C15H21NO3/c1-10-7-8-12(11(2)16-18)15(9-10)19-14-6-4-3-5-13(14)17/h7-9,13-14,17-18H,3-6H2,1-2H3. The van der Waals surface area contributed by atoms with Crippen molar-refractivity contribution in [2.45, 2.75) is 51.7 Å². The fraction of sp³-hybridized carbons (Fsp3) is 0.533. The predicted molar refractivity (Wildman–Crippen MR) is 74.1 cm³/mol. The number of hydrogen-bond acceptors (Lipinski definition) is 4. The minimum absolute atomic E-state index is 0.166. The second-order valence-corrected chi connectivity index (χ2v) is 5.19. The molecule has 4 heteroatoms. The molecule has 0 saturated heterocycles. The number of rotatable bonds is 3. The van der Waals surface area contributed by atoms with E-state index in [1.165, 1.54) is 0 Å². The first-order valence-electron chi connectivity index (χ1n) is 6.76. The van der Waals surface area contributed by atoms with Gasteiger partial charge >= 0.3 is 0 Å². The lowest BCUT2D eigenvalue weighted by molar-refractivity contribution is 0.00675. The zero-order chi connectivity index (χ0) is 13.8. The number of aryl methyl sites for hydroxylation is 1. The van der Waals surface area contributed by atoms with Crippen molar-refractivity contribution in [1.82, 2.24) is 0 Å². The molecular formula is C15H21NO3. The lowest BCUT2D eigenvalue weighted by Crippen LogP contribution is -2.35. The van der Waals surface area contributed by atoms with Crippen LogP contribution < -0.4 is 4.74 Å². The predicted octanol–water partition coefficient (Wildman–Crippen LogP) is 2.88. The van der Waals surface area contributed by atoms with E-state index in [2.05, 4.69) is 5.16 Å². The number of nitrogens with zero attached hydrogens (tertiary/aromatic N) is 1. The van der Waals surface area contributed by atoms with Crippen LogP contribution in [0.4, 0.5) is 0 Å². The van der Waals surface area contributed by atoms with Crippen LogP contribution in [0, 0.1) is 6.92 Å². The second-order valence-electron chi connectivity index (χ2n) is 5.19. The minimum Gasteiger partial charge on any atom is -0.487 e. The molecule has 0 spiro atoms. The number of aliphatic hydroxyl groups excluding tert-OH is 1. The van der Waals surface area contributed by atoms with Gasteiger partial charge in [0.25, 0.3) is 0 Å². The van der Waals surface area contributed by atoms with Gasteiger partial charge in [0.1, 0.15) is 11.9 Å². The number of oxime groups is 1. The normalized spacial score (nSPS) is 24.3. The highest BCUT2D eigenvalue weighted by Gasteiger charge is 2.25. The molecule has 2 unspecified atom stereocenters. The van der Waals surface area contributed by atoms with Crippen molar-refractivity contribution in [2.24, 2.45) is 5.16 Å². The summed E-state index contributed by atoms with van der Waals surface area (Å²) in [5.74, 6) is 0.682. The van der Waals surface area contributed by atoms with E-state index in [9.17, 15) is 5.11 Å². The van der Waals surface area contributed by atoms with Gasteiger partial charge in [0.2, 0.25) is 0 Å². The number of ether oxygens (including phenoxy) is 1. The molecule has 2 atom stereocenters. The minimum atomic E-state index is -0.409. The van der Waals surface area contributed by atoms with Crippen molar-refractivity contribution >= 4 is 5.71 Å². The topological polar surface area (TPSA) is 62.1 Å². The molecule has 1 aliphatic rings. The molecule has 2 rings (SSSR count). The van der Waals surface area contributed by atoms with Gasteiger partial charge in [-0.3, -0.25) is 0 Å². The quantitative estimate of drug-likeness (QED) is 0.501. The smallest absolute Gasteiger partial charge is 0.129 e. The molecule has 0 heterocycles. The molecule has 1 aliphatic carbocycles. The summed E-state index contributed by atoms with van der Waals surface area (Å²) >= 11 is 0. The molecule has 1 saturated carbocycles. The monoisotopic (exact) mass is 263 g/mol. The lowest BCUT2D eigenvalue weighted by atomic mass is 9.94. The van der Waals surface area contributed by atoms with Gasteiger partial charge in [0, 0.05) is 5.56 Å². The molecule has 1 aromatic carbocycles. The van der Waals surface area contributed by atoms with Crippen LogP contribution in [-0.4, -0.2) is 28.2 Å². The molecule has 0 radical (unpaired) electrons. The summed E-state index contributed by atoms with van der Waals surface area (Å²) in [6.45, 7) is 3.72. The van der Waals surface area contributed by atoms with Crippen LogP contribution in [-0.2, 0) is 0 Å². The van der Waals surface area contributed by atoms with Crippen LogP contribution in [0.2, 0.25) is 0 Å². The third-order valence-corrected chi connectivity index (χ3v) is 3.62. The average molecular weight is 263 g/mol.